The third-order valence-electron chi connectivity index (χ3n) is 1.19. The van der Waals surface area contributed by atoms with Crippen LogP contribution in [0.15, 0.2) is 0 Å². The summed E-state index contributed by atoms with van der Waals surface area (Å²) in [7, 11) is 0. The van der Waals surface area contributed by atoms with E-state index < -0.39 is 0 Å². The van der Waals surface area contributed by atoms with Crippen molar-refractivity contribution < 1.29 is 9.90 Å². The predicted octanol–water partition coefficient (Wildman–Crippen LogP) is -1.17. The number of hydrogen-bond acceptors (Lipinski definition) is 3. The number of carbonyl (C=O) groups excluding carboxylic acids is 1. The van der Waals surface area contributed by atoms with Gasteiger partial charge in [-0.05, 0) is 0 Å². The molecule has 0 bridgehead atoms. The van der Waals surface area contributed by atoms with E-state index in [4.69, 9.17) is 10.8 Å². The number of hydrogen-bond donors (Lipinski definition) is 3. The molecule has 0 aromatic heterocycles. The molecular formula is C6H14N2O2. The maximum absolute atomic E-state index is 10.7. The second-order valence-electron chi connectivity index (χ2n) is 2.04. The van der Waals surface area contributed by atoms with Crippen LogP contribution in [0.2, 0.25) is 0 Å². The van der Waals surface area contributed by atoms with Gasteiger partial charge >= 0.3 is 0 Å². The molecule has 10 heavy (non-hydrogen) atoms. The van der Waals surface area contributed by atoms with Gasteiger partial charge in [0.1, 0.15) is 0 Å². The fourth-order valence-corrected chi connectivity index (χ4v) is 0.509. The summed E-state index contributed by atoms with van der Waals surface area (Å²) in [4.78, 5) is 10.7. The van der Waals surface area contributed by atoms with Crippen LogP contribution in [0.1, 0.15) is 13.3 Å². The standard InChI is InChI=1S/C6H14N2O2/c1-2-6(10)8-5(3-7)4-9/h5,9H,2-4,7H2,1H3,(H,8,10). The van der Waals surface area contributed by atoms with Gasteiger partial charge < -0.3 is 16.2 Å². The highest BCUT2D eigenvalue weighted by Gasteiger charge is 2.05. The molecule has 1 amide bonds. The molecule has 1 unspecified atom stereocenters. The number of carbonyl (C=O) groups is 1. The molecule has 4 N–H and O–H groups in total. The average molecular weight is 146 g/mol. The summed E-state index contributed by atoms with van der Waals surface area (Å²) in [5.74, 6) is -0.0792. The van der Waals surface area contributed by atoms with E-state index in [0.29, 0.717) is 6.42 Å². The minimum atomic E-state index is -0.285. The Bertz CT molecular complexity index is 102. The highest BCUT2D eigenvalue weighted by atomic mass is 16.3. The number of aliphatic hydroxyl groups is 1. The van der Waals surface area contributed by atoms with Crippen molar-refractivity contribution in [1.29, 1.82) is 0 Å². The zero-order valence-corrected chi connectivity index (χ0v) is 6.13. The van der Waals surface area contributed by atoms with Gasteiger partial charge in [0.15, 0.2) is 0 Å². The summed E-state index contributed by atoms with van der Waals surface area (Å²) < 4.78 is 0. The van der Waals surface area contributed by atoms with E-state index in [1.165, 1.54) is 0 Å². The first-order valence-corrected chi connectivity index (χ1v) is 3.34. The molecule has 0 heterocycles. The van der Waals surface area contributed by atoms with E-state index in [0.717, 1.165) is 0 Å². The first kappa shape index (κ1) is 9.39. The fraction of sp³-hybridized carbons (Fsp3) is 0.833. The van der Waals surface area contributed by atoms with Crippen LogP contribution in [0.5, 0.6) is 0 Å². The molecule has 0 aliphatic carbocycles. The summed E-state index contributed by atoms with van der Waals surface area (Å²) >= 11 is 0. The van der Waals surface area contributed by atoms with Crippen molar-refractivity contribution in [2.45, 2.75) is 19.4 Å². The number of rotatable bonds is 4. The largest absolute Gasteiger partial charge is 0.394 e. The number of nitrogens with one attached hydrogen (secondary N) is 1. The Labute approximate surface area is 60.4 Å². The molecule has 0 rings (SSSR count). The Balaban J connectivity index is 3.52. The van der Waals surface area contributed by atoms with Crippen molar-refractivity contribution >= 4 is 5.91 Å². The molecule has 0 saturated carbocycles. The van der Waals surface area contributed by atoms with Crippen molar-refractivity contribution in [3.05, 3.63) is 0 Å². The van der Waals surface area contributed by atoms with Crippen molar-refractivity contribution in [3.63, 3.8) is 0 Å². The molecule has 0 fully saturated rings. The van der Waals surface area contributed by atoms with Crippen LogP contribution >= 0.6 is 0 Å². The summed E-state index contributed by atoms with van der Waals surface area (Å²) in [6, 6.07) is -0.285. The molecule has 4 heteroatoms. The Morgan fingerprint density at radius 2 is 2.40 bits per heavy atom. The lowest BCUT2D eigenvalue weighted by atomic mass is 10.3. The summed E-state index contributed by atoms with van der Waals surface area (Å²) in [5, 5.41) is 11.1. The molecule has 1 atom stereocenters. The molecule has 0 aliphatic rings. The smallest absolute Gasteiger partial charge is 0.220 e. The topological polar surface area (TPSA) is 75.4 Å². The molecule has 0 aromatic rings. The third kappa shape index (κ3) is 3.42. The van der Waals surface area contributed by atoms with E-state index >= 15 is 0 Å². The van der Waals surface area contributed by atoms with Crippen LogP contribution in [-0.4, -0.2) is 30.2 Å². The highest BCUT2D eigenvalue weighted by Crippen LogP contribution is 1.80. The summed E-state index contributed by atoms with van der Waals surface area (Å²) in [6.45, 7) is 1.94. The molecule has 0 spiro atoms. The lowest BCUT2D eigenvalue weighted by Gasteiger charge is -2.12. The second-order valence-corrected chi connectivity index (χ2v) is 2.04. The van der Waals surface area contributed by atoms with Crippen LogP contribution in [0.3, 0.4) is 0 Å². The van der Waals surface area contributed by atoms with Gasteiger partial charge in [0.05, 0.1) is 12.6 Å². The number of nitrogens with two attached hydrogens (primary N) is 1. The monoisotopic (exact) mass is 146 g/mol. The van der Waals surface area contributed by atoms with Gasteiger partial charge in [0.2, 0.25) is 5.91 Å². The van der Waals surface area contributed by atoms with Crippen LogP contribution in [0.4, 0.5) is 0 Å². The lowest BCUT2D eigenvalue weighted by Crippen LogP contribution is -2.42. The zero-order chi connectivity index (χ0) is 7.98. The van der Waals surface area contributed by atoms with E-state index in [9.17, 15) is 4.79 Å². The maximum atomic E-state index is 10.7. The average Bonchev–Trinajstić information content (AvgIpc) is 1.99. The molecule has 0 aromatic carbocycles. The van der Waals surface area contributed by atoms with Gasteiger partial charge in [-0.15, -0.1) is 0 Å². The van der Waals surface area contributed by atoms with Gasteiger partial charge in [-0.2, -0.15) is 0 Å². The van der Waals surface area contributed by atoms with Crippen LogP contribution in [-0.2, 0) is 4.79 Å². The SMILES string of the molecule is CCC(=O)NC(CN)CO. The first-order chi connectivity index (χ1) is 4.74. The minimum Gasteiger partial charge on any atom is -0.394 e. The normalized spacial score (nSPS) is 12.7. The Hall–Kier alpha value is -0.610. The van der Waals surface area contributed by atoms with Crippen molar-refractivity contribution in [3.8, 4) is 0 Å². The predicted molar refractivity (Wildman–Crippen MR) is 38.4 cm³/mol. The van der Waals surface area contributed by atoms with Gasteiger partial charge in [-0.1, -0.05) is 6.92 Å². The summed E-state index contributed by atoms with van der Waals surface area (Å²) in [6.07, 6.45) is 0.427. The van der Waals surface area contributed by atoms with E-state index in [1.54, 1.807) is 6.92 Å². The maximum Gasteiger partial charge on any atom is 0.220 e. The fourth-order valence-electron chi connectivity index (χ4n) is 0.509. The van der Waals surface area contributed by atoms with Gasteiger partial charge in [0.25, 0.3) is 0 Å². The molecule has 0 radical (unpaired) electrons. The summed E-state index contributed by atoms with van der Waals surface area (Å²) in [5.41, 5.74) is 5.21. The quantitative estimate of drug-likeness (QED) is 0.468. The van der Waals surface area contributed by atoms with Crippen LogP contribution < -0.4 is 11.1 Å². The van der Waals surface area contributed by atoms with E-state index in [1.807, 2.05) is 0 Å². The Kier molecular flexibility index (Phi) is 4.88. The third-order valence-corrected chi connectivity index (χ3v) is 1.19. The van der Waals surface area contributed by atoms with Crippen molar-refractivity contribution in [2.75, 3.05) is 13.2 Å². The molecule has 4 nitrogen and oxygen atoms in total. The van der Waals surface area contributed by atoms with Crippen LogP contribution in [0, 0.1) is 0 Å². The number of aliphatic hydroxyl groups excluding tert-OH is 1. The minimum absolute atomic E-state index is 0.0792. The molecule has 0 saturated heterocycles. The second kappa shape index (κ2) is 5.20. The van der Waals surface area contributed by atoms with E-state index in [2.05, 4.69) is 5.32 Å². The highest BCUT2D eigenvalue weighted by molar-refractivity contribution is 5.75. The Morgan fingerprint density at radius 3 is 2.70 bits per heavy atom. The first-order valence-electron chi connectivity index (χ1n) is 3.34. The zero-order valence-electron chi connectivity index (χ0n) is 6.13. The van der Waals surface area contributed by atoms with Crippen molar-refractivity contribution in [2.24, 2.45) is 5.73 Å². The Morgan fingerprint density at radius 1 is 1.80 bits per heavy atom. The van der Waals surface area contributed by atoms with Gasteiger partial charge in [0, 0.05) is 13.0 Å². The molecule has 0 aliphatic heterocycles. The van der Waals surface area contributed by atoms with Crippen molar-refractivity contribution in [1.82, 2.24) is 5.32 Å². The molecule has 60 valence electrons. The van der Waals surface area contributed by atoms with E-state index in [-0.39, 0.29) is 25.1 Å². The van der Waals surface area contributed by atoms with Gasteiger partial charge in [-0.25, -0.2) is 0 Å². The van der Waals surface area contributed by atoms with Gasteiger partial charge in [-0.3, -0.25) is 4.79 Å². The molecular weight excluding hydrogens is 132 g/mol. The lowest BCUT2D eigenvalue weighted by molar-refractivity contribution is -0.121. The number of amides is 1. The van der Waals surface area contributed by atoms with Crippen LogP contribution in [0.25, 0.3) is 0 Å².